The molecule has 264 valence electrons. The van der Waals surface area contributed by atoms with E-state index in [0.717, 1.165) is 16.9 Å². The third-order valence-corrected chi connectivity index (χ3v) is 9.25. The van der Waals surface area contributed by atoms with Gasteiger partial charge in [0.15, 0.2) is 11.4 Å². The predicted molar refractivity (Wildman–Crippen MR) is 185 cm³/mol. The molecule has 1 aromatic heterocycles. The lowest BCUT2D eigenvalue weighted by Crippen LogP contribution is -2.60. The number of Topliss-reactive ketones (excluding diaryl/α,β-unsaturated/α-hetero) is 1. The second kappa shape index (κ2) is 20.8. The lowest BCUT2D eigenvalue weighted by Gasteiger charge is -2.31. The molecule has 2 rings (SSSR count). The lowest BCUT2D eigenvalue weighted by molar-refractivity contribution is -0.164. The van der Waals surface area contributed by atoms with Crippen molar-refractivity contribution in [2.24, 2.45) is 0 Å². The van der Waals surface area contributed by atoms with E-state index in [-0.39, 0.29) is 37.1 Å². The first kappa shape index (κ1) is 40.7. The summed E-state index contributed by atoms with van der Waals surface area (Å²) in [6.07, 6.45) is 2.30. The summed E-state index contributed by atoms with van der Waals surface area (Å²) in [6, 6.07) is 5.40. The topological polar surface area (TPSA) is 188 Å². The van der Waals surface area contributed by atoms with Crippen LogP contribution >= 0.6 is 33.9 Å². The monoisotopic (exact) mass is 802 g/mol. The molecule has 1 heterocycles. The van der Waals surface area contributed by atoms with Crippen molar-refractivity contribution in [3.8, 4) is 0 Å². The van der Waals surface area contributed by atoms with Gasteiger partial charge in [0.25, 0.3) is 5.91 Å². The van der Waals surface area contributed by atoms with Gasteiger partial charge in [-0.3, -0.25) is 28.8 Å². The zero-order valence-electron chi connectivity index (χ0n) is 27.7. The Kier molecular flexibility index (Phi) is 17.6. The molecule has 0 unspecified atom stereocenters. The van der Waals surface area contributed by atoms with Crippen LogP contribution in [0, 0.1) is 6.92 Å². The summed E-state index contributed by atoms with van der Waals surface area (Å²) in [6.45, 7) is 4.26. The molecule has 1 aromatic carbocycles. The van der Waals surface area contributed by atoms with Crippen LogP contribution in [0.15, 0.2) is 36.5 Å². The van der Waals surface area contributed by atoms with Gasteiger partial charge in [0.1, 0.15) is 17.0 Å². The number of hydrogen-bond acceptors (Lipinski definition) is 12. The highest BCUT2D eigenvalue weighted by Crippen LogP contribution is 2.21. The van der Waals surface area contributed by atoms with Crippen LogP contribution in [-0.2, 0) is 49.3 Å². The van der Waals surface area contributed by atoms with Crippen LogP contribution in [0.3, 0.4) is 0 Å². The van der Waals surface area contributed by atoms with Gasteiger partial charge in [-0.05, 0) is 38.7 Å². The number of aryl methyl sites for hydroxylation is 1. The number of methoxy groups -OCH3 is 2. The van der Waals surface area contributed by atoms with Crippen molar-refractivity contribution >= 4 is 69.4 Å². The highest BCUT2D eigenvalue weighted by atomic mass is 127. The molecule has 0 aliphatic carbocycles. The zero-order chi connectivity index (χ0) is 35.7. The maximum Gasteiger partial charge on any atom is 0.306 e. The number of hydrogen-bond donors (Lipinski definition) is 3. The zero-order valence-corrected chi connectivity index (χ0v) is 30.6. The fraction of sp³-hybridized carbons (Fsp3) is 0.531. The minimum Gasteiger partial charge on any atom is -0.466 e. The quantitative estimate of drug-likeness (QED) is 0.0726. The SMILES string of the molecule is COC[C@H](NC(=O)c1cnc(C)s1)C(=O)N[C@@H](COC)C(=O)N[C@@H](Cc1ccccc1)C(=O)[C@@](C)(CI)OC(=O)CCCCOC(C)=O. The highest BCUT2D eigenvalue weighted by molar-refractivity contribution is 14.1. The molecular weight excluding hydrogens is 759 g/mol. The molecule has 0 saturated heterocycles. The van der Waals surface area contributed by atoms with Crippen molar-refractivity contribution in [3.63, 3.8) is 0 Å². The number of thiazole rings is 1. The molecule has 16 heteroatoms. The molecule has 0 radical (unpaired) electrons. The van der Waals surface area contributed by atoms with E-state index in [9.17, 15) is 28.8 Å². The first-order valence-electron chi connectivity index (χ1n) is 15.1. The van der Waals surface area contributed by atoms with Crippen LogP contribution in [0.5, 0.6) is 0 Å². The fourth-order valence-corrected chi connectivity index (χ4v) is 5.61. The lowest BCUT2D eigenvalue weighted by atomic mass is 9.91. The summed E-state index contributed by atoms with van der Waals surface area (Å²) >= 11 is 3.11. The smallest absolute Gasteiger partial charge is 0.306 e. The number of amides is 3. The summed E-state index contributed by atoms with van der Waals surface area (Å²) in [5.41, 5.74) is -0.861. The number of ether oxygens (including phenoxy) is 4. The van der Waals surface area contributed by atoms with E-state index in [1.54, 1.807) is 31.2 Å². The first-order chi connectivity index (χ1) is 22.8. The number of esters is 2. The maximum absolute atomic E-state index is 14.0. The molecule has 2 aromatic rings. The van der Waals surface area contributed by atoms with Crippen LogP contribution in [0.25, 0.3) is 0 Å². The number of aromatic nitrogens is 1. The Labute approximate surface area is 297 Å². The van der Waals surface area contributed by atoms with Gasteiger partial charge >= 0.3 is 11.9 Å². The van der Waals surface area contributed by atoms with Crippen LogP contribution in [0.1, 0.15) is 53.4 Å². The summed E-state index contributed by atoms with van der Waals surface area (Å²) in [5, 5.41) is 8.58. The third kappa shape index (κ3) is 13.6. The molecule has 3 amide bonds. The van der Waals surface area contributed by atoms with Crippen molar-refractivity contribution in [1.82, 2.24) is 20.9 Å². The van der Waals surface area contributed by atoms with E-state index in [0.29, 0.717) is 22.7 Å². The fourth-order valence-electron chi connectivity index (χ4n) is 4.40. The number of halogens is 1. The third-order valence-electron chi connectivity index (χ3n) is 6.88. The van der Waals surface area contributed by atoms with Gasteiger partial charge < -0.3 is 34.9 Å². The summed E-state index contributed by atoms with van der Waals surface area (Å²) in [7, 11) is 2.71. The van der Waals surface area contributed by atoms with Crippen LogP contribution in [0.2, 0.25) is 0 Å². The Balaban J connectivity index is 2.22. The average molecular weight is 803 g/mol. The van der Waals surface area contributed by atoms with Crippen molar-refractivity contribution in [2.75, 3.05) is 38.5 Å². The number of carbonyl (C=O) groups is 6. The Bertz CT molecular complexity index is 1390. The summed E-state index contributed by atoms with van der Waals surface area (Å²) in [5.74, 6) is -3.55. The number of ketones is 1. The number of benzene rings is 1. The maximum atomic E-state index is 14.0. The number of unbranched alkanes of at least 4 members (excludes halogenated alkanes) is 1. The Morgan fingerprint density at radius 3 is 2.06 bits per heavy atom. The molecular formula is C32H43IN4O10S. The van der Waals surface area contributed by atoms with Gasteiger partial charge in [-0.1, -0.05) is 52.9 Å². The Morgan fingerprint density at radius 2 is 1.52 bits per heavy atom. The van der Waals surface area contributed by atoms with Crippen molar-refractivity contribution in [2.45, 2.75) is 70.2 Å². The normalized spacial score (nSPS) is 14.0. The van der Waals surface area contributed by atoms with Gasteiger partial charge in [0.2, 0.25) is 11.8 Å². The van der Waals surface area contributed by atoms with Gasteiger partial charge in [0.05, 0.1) is 37.1 Å². The second-order valence-electron chi connectivity index (χ2n) is 11.0. The van der Waals surface area contributed by atoms with Gasteiger partial charge in [-0.25, -0.2) is 4.98 Å². The highest BCUT2D eigenvalue weighted by Gasteiger charge is 2.42. The average Bonchev–Trinajstić information content (AvgIpc) is 3.49. The van der Waals surface area contributed by atoms with Gasteiger partial charge in [-0.2, -0.15) is 0 Å². The van der Waals surface area contributed by atoms with Crippen LogP contribution < -0.4 is 16.0 Å². The standard InChI is InChI=1S/C32H43IN4O10S/c1-20-34-16-26(48-20)31(43)37-25(18-45-5)30(42)36-24(17-44-4)29(41)35-23(15-22-11-7-6-8-12-22)28(40)32(3,19-33)47-27(39)13-9-10-14-46-21(2)38/h6-8,11-12,16,23-25H,9-10,13-15,17-19H2,1-5H3,(H,35,41)(H,36,42)(H,37,43)/t23-,24-,25-,32+/m0/s1. The molecule has 14 nitrogen and oxygen atoms in total. The number of nitrogens with zero attached hydrogens (tertiary/aromatic N) is 1. The van der Waals surface area contributed by atoms with Crippen LogP contribution in [-0.4, -0.2) is 103 Å². The minimum absolute atomic E-state index is 0.000211. The van der Waals surface area contributed by atoms with E-state index in [2.05, 4.69) is 20.9 Å². The van der Waals surface area contributed by atoms with Crippen molar-refractivity contribution in [3.05, 3.63) is 52.0 Å². The first-order valence-corrected chi connectivity index (χ1v) is 17.5. The molecule has 4 atom stereocenters. The Morgan fingerprint density at radius 1 is 0.917 bits per heavy atom. The molecule has 0 aliphatic rings. The van der Waals surface area contributed by atoms with E-state index in [4.69, 9.17) is 18.9 Å². The predicted octanol–water partition coefficient (Wildman–Crippen LogP) is 2.09. The van der Waals surface area contributed by atoms with Crippen molar-refractivity contribution in [1.29, 1.82) is 0 Å². The van der Waals surface area contributed by atoms with E-state index >= 15 is 0 Å². The Hall–Kier alpha value is -3.48. The summed E-state index contributed by atoms with van der Waals surface area (Å²) in [4.78, 5) is 81.8. The number of carbonyl (C=O) groups excluding carboxylic acids is 6. The van der Waals surface area contributed by atoms with E-state index in [1.807, 2.05) is 28.7 Å². The minimum atomic E-state index is -1.59. The van der Waals surface area contributed by atoms with Gasteiger partial charge in [0, 0.05) is 32.0 Å². The molecule has 0 aliphatic heterocycles. The molecule has 0 spiro atoms. The second-order valence-corrected chi connectivity index (χ2v) is 13.0. The molecule has 0 saturated carbocycles. The molecule has 3 N–H and O–H groups in total. The number of rotatable bonds is 21. The number of nitrogens with one attached hydrogen (secondary N) is 3. The van der Waals surface area contributed by atoms with Gasteiger partial charge in [-0.15, -0.1) is 11.3 Å². The molecule has 0 fully saturated rings. The largest absolute Gasteiger partial charge is 0.466 e. The molecule has 0 bridgehead atoms. The summed E-state index contributed by atoms with van der Waals surface area (Å²) < 4.78 is 21.0. The van der Waals surface area contributed by atoms with E-state index in [1.165, 1.54) is 34.3 Å². The number of alkyl halides is 1. The van der Waals surface area contributed by atoms with Crippen LogP contribution in [0.4, 0.5) is 0 Å². The van der Waals surface area contributed by atoms with E-state index < -0.39 is 59.2 Å². The van der Waals surface area contributed by atoms with Crippen molar-refractivity contribution < 1.29 is 47.7 Å². The molecule has 48 heavy (non-hydrogen) atoms.